The largest absolute Gasteiger partial charge is 0.490 e. The Morgan fingerprint density at radius 3 is 2.69 bits per heavy atom. The number of benzene rings is 2. The van der Waals surface area contributed by atoms with Gasteiger partial charge in [0.1, 0.15) is 0 Å². The quantitative estimate of drug-likeness (QED) is 0.783. The molecule has 0 spiro atoms. The summed E-state index contributed by atoms with van der Waals surface area (Å²) in [6, 6.07) is 10.8. The fraction of sp³-hybridized carbons (Fsp3) is 0.350. The molecule has 6 nitrogen and oxygen atoms in total. The average Bonchev–Trinajstić information content (AvgIpc) is 3.13. The number of nitrogens with one attached hydrogen (secondary N) is 1. The highest BCUT2D eigenvalue weighted by Crippen LogP contribution is 2.32. The van der Waals surface area contributed by atoms with Gasteiger partial charge in [0, 0.05) is 12.1 Å². The normalized spacial score (nSPS) is 11.9. The van der Waals surface area contributed by atoms with Crippen molar-refractivity contribution in [2.75, 3.05) is 20.0 Å². The van der Waals surface area contributed by atoms with Gasteiger partial charge < -0.3 is 24.3 Å². The molecule has 0 saturated carbocycles. The zero-order chi connectivity index (χ0) is 18.4. The van der Waals surface area contributed by atoms with E-state index in [1.807, 2.05) is 32.0 Å². The smallest absolute Gasteiger partial charge is 0.251 e. The van der Waals surface area contributed by atoms with Crippen LogP contribution in [0.15, 0.2) is 36.4 Å². The van der Waals surface area contributed by atoms with E-state index in [0.29, 0.717) is 42.6 Å². The third-order valence-corrected chi connectivity index (χ3v) is 3.86. The van der Waals surface area contributed by atoms with Crippen molar-refractivity contribution in [3.05, 3.63) is 47.5 Å². The van der Waals surface area contributed by atoms with Crippen molar-refractivity contribution in [2.24, 2.45) is 0 Å². The highest BCUT2D eigenvalue weighted by molar-refractivity contribution is 5.94. The Balaban J connectivity index is 1.66. The molecule has 0 saturated heterocycles. The van der Waals surface area contributed by atoms with E-state index in [0.717, 1.165) is 17.7 Å². The van der Waals surface area contributed by atoms with Gasteiger partial charge in [-0.25, -0.2) is 0 Å². The van der Waals surface area contributed by atoms with Crippen LogP contribution in [-0.2, 0) is 6.54 Å². The molecule has 0 radical (unpaired) electrons. The van der Waals surface area contributed by atoms with E-state index in [2.05, 4.69) is 5.32 Å². The third-order valence-electron chi connectivity index (χ3n) is 3.86. The summed E-state index contributed by atoms with van der Waals surface area (Å²) in [6.45, 7) is 5.68. The van der Waals surface area contributed by atoms with E-state index >= 15 is 0 Å². The van der Waals surface area contributed by atoms with E-state index in [1.165, 1.54) is 0 Å². The first kappa shape index (κ1) is 17.9. The Morgan fingerprint density at radius 2 is 1.88 bits per heavy atom. The summed E-state index contributed by atoms with van der Waals surface area (Å²) in [7, 11) is 0. The number of carbonyl (C=O) groups excluding carboxylic acids is 1. The third kappa shape index (κ3) is 4.20. The van der Waals surface area contributed by atoms with E-state index in [9.17, 15) is 4.79 Å². The molecule has 138 valence electrons. The van der Waals surface area contributed by atoms with Gasteiger partial charge in [-0.05, 0) is 49.2 Å². The van der Waals surface area contributed by atoms with Crippen LogP contribution in [-0.4, -0.2) is 25.9 Å². The van der Waals surface area contributed by atoms with Gasteiger partial charge in [0.15, 0.2) is 23.0 Å². The van der Waals surface area contributed by atoms with Crippen LogP contribution in [0.5, 0.6) is 23.0 Å². The van der Waals surface area contributed by atoms with Crippen LogP contribution in [0.3, 0.4) is 0 Å². The minimum atomic E-state index is -0.175. The van der Waals surface area contributed by atoms with Crippen molar-refractivity contribution in [1.29, 1.82) is 0 Å². The fourth-order valence-corrected chi connectivity index (χ4v) is 2.58. The van der Waals surface area contributed by atoms with E-state index < -0.39 is 0 Å². The Bertz CT molecular complexity index is 775. The second-order valence-electron chi connectivity index (χ2n) is 5.81. The van der Waals surface area contributed by atoms with Crippen molar-refractivity contribution >= 4 is 5.91 Å². The number of carbonyl (C=O) groups is 1. The molecular formula is C20H23NO5. The second-order valence-corrected chi connectivity index (χ2v) is 5.81. The highest BCUT2D eigenvalue weighted by atomic mass is 16.7. The maximum absolute atomic E-state index is 12.5. The molecule has 0 fully saturated rings. The molecule has 1 heterocycles. The van der Waals surface area contributed by atoms with Gasteiger partial charge >= 0.3 is 0 Å². The Hall–Kier alpha value is -2.89. The van der Waals surface area contributed by atoms with Gasteiger partial charge in [-0.1, -0.05) is 13.0 Å². The van der Waals surface area contributed by atoms with Crippen molar-refractivity contribution in [1.82, 2.24) is 5.32 Å². The predicted octanol–water partition coefficient (Wildman–Crippen LogP) is 3.53. The van der Waals surface area contributed by atoms with Gasteiger partial charge in [-0.15, -0.1) is 0 Å². The standard InChI is InChI=1S/C20H23NO5/c1-3-9-24-16-8-6-15(11-19(16)23-4-2)20(22)21-12-14-5-7-17-18(10-14)26-13-25-17/h5-8,10-11H,3-4,9,12-13H2,1-2H3,(H,21,22). The first-order chi connectivity index (χ1) is 12.7. The first-order valence-corrected chi connectivity index (χ1v) is 8.77. The summed E-state index contributed by atoms with van der Waals surface area (Å²) >= 11 is 0. The molecule has 0 aliphatic carbocycles. The molecule has 2 aromatic carbocycles. The summed E-state index contributed by atoms with van der Waals surface area (Å²) in [6.07, 6.45) is 0.906. The minimum absolute atomic E-state index is 0.175. The van der Waals surface area contributed by atoms with Gasteiger partial charge in [-0.2, -0.15) is 0 Å². The maximum Gasteiger partial charge on any atom is 0.251 e. The summed E-state index contributed by atoms with van der Waals surface area (Å²) in [5, 5.41) is 2.91. The van der Waals surface area contributed by atoms with Gasteiger partial charge in [0.05, 0.1) is 13.2 Å². The first-order valence-electron chi connectivity index (χ1n) is 8.77. The van der Waals surface area contributed by atoms with Crippen LogP contribution in [0.25, 0.3) is 0 Å². The molecule has 0 atom stereocenters. The molecule has 3 rings (SSSR count). The molecular weight excluding hydrogens is 334 g/mol. The SMILES string of the molecule is CCCOc1ccc(C(=O)NCc2ccc3c(c2)OCO3)cc1OCC. The van der Waals surface area contributed by atoms with Crippen LogP contribution in [0.1, 0.15) is 36.2 Å². The number of ether oxygens (including phenoxy) is 4. The molecule has 1 N–H and O–H groups in total. The Kier molecular flexibility index (Phi) is 5.84. The van der Waals surface area contributed by atoms with E-state index in [1.54, 1.807) is 18.2 Å². The predicted molar refractivity (Wildman–Crippen MR) is 97.1 cm³/mol. The van der Waals surface area contributed by atoms with Crippen molar-refractivity contribution in [2.45, 2.75) is 26.8 Å². The van der Waals surface area contributed by atoms with Crippen molar-refractivity contribution in [3.8, 4) is 23.0 Å². The minimum Gasteiger partial charge on any atom is -0.490 e. The molecule has 6 heteroatoms. The number of fused-ring (bicyclic) bond motifs is 1. The topological polar surface area (TPSA) is 66.0 Å². The van der Waals surface area contributed by atoms with Crippen LogP contribution in [0.4, 0.5) is 0 Å². The molecule has 2 aromatic rings. The highest BCUT2D eigenvalue weighted by Gasteiger charge is 2.15. The van der Waals surface area contributed by atoms with Gasteiger partial charge in [0.2, 0.25) is 6.79 Å². The van der Waals surface area contributed by atoms with Crippen LogP contribution < -0.4 is 24.3 Å². The summed E-state index contributed by atoms with van der Waals surface area (Å²) in [5.41, 5.74) is 1.47. The van der Waals surface area contributed by atoms with Gasteiger partial charge in [0.25, 0.3) is 5.91 Å². The summed E-state index contributed by atoms with van der Waals surface area (Å²) < 4.78 is 21.9. The second kappa shape index (κ2) is 8.47. The number of hydrogen-bond acceptors (Lipinski definition) is 5. The average molecular weight is 357 g/mol. The zero-order valence-electron chi connectivity index (χ0n) is 15.0. The number of amides is 1. The summed E-state index contributed by atoms with van der Waals surface area (Å²) in [4.78, 5) is 12.5. The molecule has 0 bridgehead atoms. The molecule has 1 aliphatic heterocycles. The lowest BCUT2D eigenvalue weighted by Gasteiger charge is -2.13. The van der Waals surface area contributed by atoms with Crippen LogP contribution in [0, 0.1) is 0 Å². The van der Waals surface area contributed by atoms with Crippen LogP contribution in [0.2, 0.25) is 0 Å². The number of hydrogen-bond donors (Lipinski definition) is 1. The lowest BCUT2D eigenvalue weighted by Crippen LogP contribution is -2.22. The van der Waals surface area contributed by atoms with Crippen molar-refractivity contribution < 1.29 is 23.7 Å². The van der Waals surface area contributed by atoms with E-state index in [4.69, 9.17) is 18.9 Å². The lowest BCUT2D eigenvalue weighted by molar-refractivity contribution is 0.0950. The maximum atomic E-state index is 12.5. The van der Waals surface area contributed by atoms with Crippen molar-refractivity contribution in [3.63, 3.8) is 0 Å². The lowest BCUT2D eigenvalue weighted by atomic mass is 10.1. The molecule has 1 amide bonds. The Morgan fingerprint density at radius 1 is 1.04 bits per heavy atom. The van der Waals surface area contributed by atoms with Gasteiger partial charge in [-0.3, -0.25) is 4.79 Å². The molecule has 0 unspecified atom stereocenters. The molecule has 0 aromatic heterocycles. The zero-order valence-corrected chi connectivity index (χ0v) is 15.0. The number of rotatable bonds is 8. The van der Waals surface area contributed by atoms with Crippen LogP contribution >= 0.6 is 0 Å². The molecule has 26 heavy (non-hydrogen) atoms. The Labute approximate surface area is 153 Å². The molecule has 1 aliphatic rings. The monoisotopic (exact) mass is 357 g/mol. The fourth-order valence-electron chi connectivity index (χ4n) is 2.58. The van der Waals surface area contributed by atoms with E-state index in [-0.39, 0.29) is 12.7 Å². The summed E-state index contributed by atoms with van der Waals surface area (Å²) in [5.74, 6) is 2.49.